The van der Waals surface area contributed by atoms with Gasteiger partial charge in [0.2, 0.25) is 0 Å². The standard InChI is InChI=1S/C33H50O7/c1-20-9-11-26(40-29(20)36)21(2)23-13-16-32(7)24-10-12-27(30(4,5)37)33(19-39-22(3)34,18-15-28(35)38-8)25(24)14-17-31(23,32)6/h9,21,23,26-27,37H,10-19H2,1-8H3/t21-,23?,26+,27-,31+,32-,33-/m0/s1. The first-order valence-electron chi connectivity index (χ1n) is 15.1. The third-order valence-electron chi connectivity index (χ3n) is 11.8. The van der Waals surface area contributed by atoms with Crippen LogP contribution in [0.4, 0.5) is 0 Å². The molecule has 0 bridgehead atoms. The van der Waals surface area contributed by atoms with Crippen LogP contribution in [0.3, 0.4) is 0 Å². The van der Waals surface area contributed by atoms with Gasteiger partial charge in [0.1, 0.15) is 12.7 Å². The van der Waals surface area contributed by atoms with Gasteiger partial charge in [-0.2, -0.15) is 0 Å². The van der Waals surface area contributed by atoms with E-state index in [4.69, 9.17) is 14.2 Å². The van der Waals surface area contributed by atoms with Gasteiger partial charge in [0.15, 0.2) is 0 Å². The summed E-state index contributed by atoms with van der Waals surface area (Å²) in [5, 5.41) is 11.4. The molecule has 1 heterocycles. The Morgan fingerprint density at radius 1 is 1.18 bits per heavy atom. The van der Waals surface area contributed by atoms with Gasteiger partial charge in [-0.25, -0.2) is 4.79 Å². The highest BCUT2D eigenvalue weighted by molar-refractivity contribution is 5.88. The van der Waals surface area contributed by atoms with Crippen LogP contribution in [0.5, 0.6) is 0 Å². The summed E-state index contributed by atoms with van der Waals surface area (Å²) in [7, 11) is 1.40. The number of rotatable bonds is 8. The number of allylic oxidation sites excluding steroid dienone is 1. The lowest BCUT2D eigenvalue weighted by Crippen LogP contribution is -2.54. The molecule has 0 aromatic carbocycles. The van der Waals surface area contributed by atoms with E-state index in [1.165, 1.54) is 25.2 Å². The first-order valence-corrected chi connectivity index (χ1v) is 15.1. The Labute approximate surface area is 240 Å². The summed E-state index contributed by atoms with van der Waals surface area (Å²) in [5.41, 5.74) is 1.71. The van der Waals surface area contributed by atoms with E-state index >= 15 is 0 Å². The van der Waals surface area contributed by atoms with E-state index in [1.807, 2.05) is 26.8 Å². The number of carbonyl (C=O) groups is 3. The summed E-state index contributed by atoms with van der Waals surface area (Å²) in [4.78, 5) is 36.9. The predicted octanol–water partition coefficient (Wildman–Crippen LogP) is 6.08. The lowest BCUT2D eigenvalue weighted by atomic mass is 9.46. The van der Waals surface area contributed by atoms with Gasteiger partial charge in [-0.05, 0) is 88.4 Å². The topological polar surface area (TPSA) is 99.1 Å². The summed E-state index contributed by atoms with van der Waals surface area (Å²) in [6, 6.07) is 0. The zero-order chi connectivity index (χ0) is 29.7. The molecular weight excluding hydrogens is 508 g/mol. The fourth-order valence-corrected chi connectivity index (χ4v) is 9.39. The maximum Gasteiger partial charge on any atom is 0.333 e. The number of hydrogen-bond acceptors (Lipinski definition) is 7. The third-order valence-corrected chi connectivity index (χ3v) is 11.8. The van der Waals surface area contributed by atoms with Crippen LogP contribution < -0.4 is 0 Å². The van der Waals surface area contributed by atoms with E-state index in [1.54, 1.807) is 0 Å². The lowest BCUT2D eigenvalue weighted by Gasteiger charge is -2.59. The average Bonchev–Trinajstić information content (AvgIpc) is 3.17. The van der Waals surface area contributed by atoms with E-state index in [0.717, 1.165) is 44.9 Å². The molecule has 4 rings (SSSR count). The molecule has 1 N–H and O–H groups in total. The fourth-order valence-electron chi connectivity index (χ4n) is 9.39. The number of hydrogen-bond donors (Lipinski definition) is 1. The van der Waals surface area contributed by atoms with Crippen molar-refractivity contribution in [2.75, 3.05) is 13.7 Å². The maximum atomic E-state index is 12.4. The quantitative estimate of drug-likeness (QED) is 0.219. The predicted molar refractivity (Wildman–Crippen MR) is 152 cm³/mol. The Hall–Kier alpha value is -2.15. The summed E-state index contributed by atoms with van der Waals surface area (Å²) in [6.45, 7) is 14.2. The molecule has 0 spiro atoms. The average molecular weight is 559 g/mol. The van der Waals surface area contributed by atoms with Crippen molar-refractivity contribution >= 4 is 17.9 Å². The normalized spacial score (nSPS) is 36.7. The van der Waals surface area contributed by atoms with E-state index in [-0.39, 0.29) is 59.7 Å². The number of ether oxygens (including phenoxy) is 3. The second-order valence-corrected chi connectivity index (χ2v) is 14.0. The van der Waals surface area contributed by atoms with Gasteiger partial charge >= 0.3 is 17.9 Å². The van der Waals surface area contributed by atoms with Gasteiger partial charge in [0.05, 0.1) is 12.7 Å². The number of esters is 3. The van der Waals surface area contributed by atoms with Crippen molar-refractivity contribution in [3.05, 3.63) is 22.8 Å². The van der Waals surface area contributed by atoms with Gasteiger partial charge in [-0.15, -0.1) is 0 Å². The smallest absolute Gasteiger partial charge is 0.333 e. The fraction of sp³-hybridized carbons (Fsp3) is 0.788. The second kappa shape index (κ2) is 10.9. The van der Waals surface area contributed by atoms with E-state index in [0.29, 0.717) is 17.9 Å². The first-order chi connectivity index (χ1) is 18.6. The second-order valence-electron chi connectivity index (χ2n) is 14.0. The number of fused-ring (bicyclic) bond motifs is 2. The molecular formula is C33H50O7. The molecule has 0 saturated heterocycles. The highest BCUT2D eigenvalue weighted by atomic mass is 16.5. The molecule has 7 nitrogen and oxygen atoms in total. The lowest BCUT2D eigenvalue weighted by molar-refractivity contribution is -0.152. The molecule has 0 amide bonds. The minimum Gasteiger partial charge on any atom is -0.469 e. The van der Waals surface area contributed by atoms with E-state index < -0.39 is 11.0 Å². The molecule has 40 heavy (non-hydrogen) atoms. The summed E-state index contributed by atoms with van der Waals surface area (Å²) in [5.74, 6) is -0.372. The first kappa shape index (κ1) is 30.8. The third kappa shape index (κ3) is 5.05. The van der Waals surface area contributed by atoms with Crippen molar-refractivity contribution in [1.82, 2.24) is 0 Å². The van der Waals surface area contributed by atoms with Gasteiger partial charge < -0.3 is 19.3 Å². The number of aliphatic hydroxyl groups is 1. The number of carbonyl (C=O) groups excluding carboxylic acids is 3. The number of cyclic esters (lactones) is 1. The summed E-state index contributed by atoms with van der Waals surface area (Å²) < 4.78 is 16.7. The molecule has 1 aliphatic heterocycles. The SMILES string of the molecule is COC(=O)CC[C@]1(COC(C)=O)C2=C(CC[C@H]1C(C)(C)O)[C@]1(C)CCC([C@H](C)[C@H]3CC=C(C)C(=O)O3)[C@@]1(C)CC2. The summed E-state index contributed by atoms with van der Waals surface area (Å²) >= 11 is 0. The van der Waals surface area contributed by atoms with Crippen molar-refractivity contribution in [1.29, 1.82) is 0 Å². The Morgan fingerprint density at radius 2 is 1.88 bits per heavy atom. The number of methoxy groups -OCH3 is 1. The van der Waals surface area contributed by atoms with Gasteiger partial charge in [-0.3, -0.25) is 9.59 Å². The van der Waals surface area contributed by atoms with Crippen molar-refractivity contribution < 1.29 is 33.7 Å². The monoisotopic (exact) mass is 558 g/mol. The highest BCUT2D eigenvalue weighted by Gasteiger charge is 2.63. The van der Waals surface area contributed by atoms with Crippen LogP contribution in [0.15, 0.2) is 22.8 Å². The molecule has 4 aliphatic rings. The zero-order valence-electron chi connectivity index (χ0n) is 25.9. The Kier molecular flexibility index (Phi) is 8.41. The molecule has 224 valence electrons. The maximum absolute atomic E-state index is 12.4. The van der Waals surface area contributed by atoms with Crippen molar-refractivity contribution in [2.24, 2.45) is 34.0 Å². The van der Waals surface area contributed by atoms with Crippen LogP contribution in [0, 0.1) is 34.0 Å². The molecule has 1 saturated carbocycles. The largest absolute Gasteiger partial charge is 0.469 e. The van der Waals surface area contributed by atoms with E-state index in [2.05, 4.69) is 20.8 Å². The van der Waals surface area contributed by atoms with Crippen molar-refractivity contribution in [3.8, 4) is 0 Å². The van der Waals surface area contributed by atoms with Crippen LogP contribution >= 0.6 is 0 Å². The highest BCUT2D eigenvalue weighted by Crippen LogP contribution is 2.71. The van der Waals surface area contributed by atoms with E-state index in [9.17, 15) is 19.5 Å². The van der Waals surface area contributed by atoms with Crippen LogP contribution in [0.2, 0.25) is 0 Å². The summed E-state index contributed by atoms with van der Waals surface area (Å²) in [6.07, 6.45) is 8.91. The molecule has 0 aromatic rings. The van der Waals surface area contributed by atoms with Gasteiger partial charge in [0, 0.05) is 36.7 Å². The Morgan fingerprint density at radius 3 is 2.48 bits per heavy atom. The minimum atomic E-state index is -1.01. The van der Waals surface area contributed by atoms with Crippen molar-refractivity contribution in [3.63, 3.8) is 0 Å². The van der Waals surface area contributed by atoms with Crippen LogP contribution in [-0.4, -0.2) is 48.4 Å². The van der Waals surface area contributed by atoms with Gasteiger partial charge in [-0.1, -0.05) is 38.0 Å². The Bertz CT molecular complexity index is 1100. The molecule has 7 atom stereocenters. The zero-order valence-corrected chi connectivity index (χ0v) is 25.9. The van der Waals surface area contributed by atoms with Gasteiger partial charge in [0.25, 0.3) is 0 Å². The molecule has 1 fully saturated rings. The molecule has 0 aromatic heterocycles. The molecule has 3 aliphatic carbocycles. The molecule has 1 unspecified atom stereocenters. The van der Waals surface area contributed by atoms with Crippen LogP contribution in [-0.2, 0) is 28.6 Å². The Balaban J connectivity index is 1.77. The van der Waals surface area contributed by atoms with Crippen LogP contribution in [0.25, 0.3) is 0 Å². The molecule has 0 radical (unpaired) electrons. The van der Waals surface area contributed by atoms with Crippen molar-refractivity contribution in [2.45, 2.75) is 118 Å². The van der Waals surface area contributed by atoms with Crippen LogP contribution in [0.1, 0.15) is 106 Å². The minimum absolute atomic E-state index is 0.0188. The molecule has 7 heteroatoms.